The molecule has 0 saturated carbocycles. The van der Waals surface area contributed by atoms with Crippen molar-refractivity contribution >= 4 is 22.5 Å². The summed E-state index contributed by atoms with van der Waals surface area (Å²) in [5.41, 5.74) is 6.51. The van der Waals surface area contributed by atoms with E-state index in [0.717, 1.165) is 11.6 Å². The Bertz CT molecular complexity index is 1120. The fraction of sp³-hybridized carbons (Fsp3) is 0.259. The van der Waals surface area contributed by atoms with E-state index < -0.39 is 0 Å². The summed E-state index contributed by atoms with van der Waals surface area (Å²) < 4.78 is 2.38. The minimum atomic E-state index is -0.0709. The van der Waals surface area contributed by atoms with Crippen LogP contribution in [0.4, 0.5) is 0 Å². The van der Waals surface area contributed by atoms with Gasteiger partial charge in [-0.25, -0.2) is 0 Å². The zero-order chi connectivity index (χ0) is 20.6. The van der Waals surface area contributed by atoms with Gasteiger partial charge in [0.2, 0.25) is 0 Å². The van der Waals surface area contributed by atoms with E-state index in [1.54, 1.807) is 0 Å². The third-order valence-electron chi connectivity index (χ3n) is 6.42. The molecule has 3 aromatic carbocycles. The van der Waals surface area contributed by atoms with Crippen LogP contribution in [0, 0.1) is 12.8 Å². The lowest BCUT2D eigenvalue weighted by atomic mass is 9.68. The van der Waals surface area contributed by atoms with Crippen molar-refractivity contribution in [2.75, 3.05) is 0 Å². The maximum absolute atomic E-state index is 6.08. The van der Waals surface area contributed by atoms with Crippen LogP contribution in [0.5, 0.6) is 0 Å². The molecule has 0 saturated heterocycles. The molecule has 0 aliphatic carbocycles. The van der Waals surface area contributed by atoms with Crippen LogP contribution in [0.25, 0.3) is 10.9 Å². The second-order valence-electron chi connectivity index (χ2n) is 8.54. The first-order valence-corrected chi connectivity index (χ1v) is 10.7. The lowest BCUT2D eigenvalue weighted by Crippen LogP contribution is -2.30. The van der Waals surface area contributed by atoms with E-state index in [0.29, 0.717) is 5.92 Å². The molecule has 2 heteroatoms. The number of para-hydroxylation sites is 1. The quantitative estimate of drug-likeness (QED) is 0.324. The highest BCUT2D eigenvalue weighted by molar-refractivity contribution is 6.30. The van der Waals surface area contributed by atoms with Gasteiger partial charge in [-0.2, -0.15) is 0 Å². The van der Waals surface area contributed by atoms with Gasteiger partial charge in [-0.1, -0.05) is 92.5 Å². The predicted octanol–water partition coefficient (Wildman–Crippen LogP) is 7.61. The third kappa shape index (κ3) is 3.60. The maximum Gasteiger partial charge on any atom is 0.0486 e. The Morgan fingerprint density at radius 1 is 0.897 bits per heavy atom. The third-order valence-corrected chi connectivity index (χ3v) is 6.67. The van der Waals surface area contributed by atoms with Gasteiger partial charge in [0, 0.05) is 34.1 Å². The first kappa shape index (κ1) is 19.8. The average Bonchev–Trinajstić information content (AvgIpc) is 3.08. The second kappa shape index (κ2) is 7.72. The molecule has 1 atom stereocenters. The average molecular weight is 402 g/mol. The summed E-state index contributed by atoms with van der Waals surface area (Å²) >= 11 is 6.08. The summed E-state index contributed by atoms with van der Waals surface area (Å²) in [6.45, 7) is 10.0. The molecule has 148 valence electrons. The lowest BCUT2D eigenvalue weighted by Gasteiger charge is -2.35. The minimum absolute atomic E-state index is 0.0709. The zero-order valence-electron chi connectivity index (χ0n) is 17.6. The summed E-state index contributed by atoms with van der Waals surface area (Å²) in [6.07, 6.45) is 2.36. The molecule has 0 amide bonds. The summed E-state index contributed by atoms with van der Waals surface area (Å²) in [6, 6.07) is 26.0. The molecule has 0 fully saturated rings. The first-order chi connectivity index (χ1) is 13.9. The smallest absolute Gasteiger partial charge is 0.0486 e. The number of aryl methyl sites for hydroxylation is 1. The van der Waals surface area contributed by atoms with Crippen molar-refractivity contribution < 1.29 is 0 Å². The molecule has 4 aromatic rings. The van der Waals surface area contributed by atoms with Gasteiger partial charge in [-0.3, -0.25) is 0 Å². The summed E-state index contributed by atoms with van der Waals surface area (Å²) in [5.74, 6) is 0.458. The molecule has 29 heavy (non-hydrogen) atoms. The molecule has 0 spiro atoms. The standard InChI is InChI=1S/C27H28ClN/c1-19(2)27(4,22-13-9-20(3)10-14-22)25-18-29(26-8-6-5-7-24(25)26)17-21-11-15-23(28)16-12-21/h5-16,18-19H,17H2,1-4H3. The number of halogens is 1. The van der Waals surface area contributed by atoms with E-state index in [9.17, 15) is 0 Å². The van der Waals surface area contributed by atoms with Crippen molar-refractivity contribution in [3.8, 4) is 0 Å². The second-order valence-corrected chi connectivity index (χ2v) is 8.97. The van der Waals surface area contributed by atoms with Crippen LogP contribution in [-0.4, -0.2) is 4.57 Å². The molecule has 0 radical (unpaired) electrons. The van der Waals surface area contributed by atoms with Gasteiger partial charge in [0.05, 0.1) is 0 Å². The van der Waals surface area contributed by atoms with Crippen molar-refractivity contribution in [2.45, 2.75) is 39.7 Å². The Balaban J connectivity index is 1.88. The molecule has 4 rings (SSSR count). The van der Waals surface area contributed by atoms with Crippen molar-refractivity contribution in [3.63, 3.8) is 0 Å². The number of fused-ring (bicyclic) bond motifs is 1. The number of hydrogen-bond acceptors (Lipinski definition) is 0. The van der Waals surface area contributed by atoms with Gasteiger partial charge >= 0.3 is 0 Å². The van der Waals surface area contributed by atoms with E-state index in [-0.39, 0.29) is 5.41 Å². The van der Waals surface area contributed by atoms with Gasteiger partial charge in [0.25, 0.3) is 0 Å². The highest BCUT2D eigenvalue weighted by Crippen LogP contribution is 2.43. The van der Waals surface area contributed by atoms with Gasteiger partial charge < -0.3 is 4.57 Å². The van der Waals surface area contributed by atoms with E-state index >= 15 is 0 Å². The van der Waals surface area contributed by atoms with Crippen molar-refractivity contribution in [3.05, 3.63) is 106 Å². The Kier molecular flexibility index (Phi) is 5.27. The fourth-order valence-electron chi connectivity index (χ4n) is 4.28. The first-order valence-electron chi connectivity index (χ1n) is 10.3. The molecular weight excluding hydrogens is 374 g/mol. The van der Waals surface area contributed by atoms with E-state index in [1.807, 2.05) is 12.1 Å². The Hall–Kier alpha value is -2.51. The largest absolute Gasteiger partial charge is 0.343 e. The van der Waals surface area contributed by atoms with Crippen LogP contribution in [0.15, 0.2) is 79.0 Å². The number of hydrogen-bond donors (Lipinski definition) is 0. The predicted molar refractivity (Wildman–Crippen MR) is 125 cm³/mol. The molecule has 1 aromatic heterocycles. The van der Waals surface area contributed by atoms with Gasteiger partial charge in [-0.15, -0.1) is 0 Å². The molecule has 1 nitrogen and oxygen atoms in total. The topological polar surface area (TPSA) is 4.93 Å². The van der Waals surface area contributed by atoms with Gasteiger partial charge in [0.15, 0.2) is 0 Å². The van der Waals surface area contributed by atoms with Gasteiger partial charge in [-0.05, 0) is 47.7 Å². The number of benzene rings is 3. The van der Waals surface area contributed by atoms with Crippen LogP contribution in [-0.2, 0) is 12.0 Å². The number of aromatic nitrogens is 1. The van der Waals surface area contributed by atoms with E-state index in [4.69, 9.17) is 11.6 Å². The molecular formula is C27H28ClN. The highest BCUT2D eigenvalue weighted by atomic mass is 35.5. The van der Waals surface area contributed by atoms with E-state index in [2.05, 4.69) is 99.1 Å². The summed E-state index contributed by atoms with van der Waals surface area (Å²) in [7, 11) is 0. The van der Waals surface area contributed by atoms with Crippen LogP contribution >= 0.6 is 11.6 Å². The summed E-state index contributed by atoms with van der Waals surface area (Å²) in [5, 5.41) is 2.11. The fourth-order valence-corrected chi connectivity index (χ4v) is 4.40. The Morgan fingerprint density at radius 2 is 1.55 bits per heavy atom. The molecule has 0 aliphatic rings. The van der Waals surface area contributed by atoms with Crippen LogP contribution < -0.4 is 0 Å². The van der Waals surface area contributed by atoms with Crippen molar-refractivity contribution in [2.24, 2.45) is 5.92 Å². The van der Waals surface area contributed by atoms with Gasteiger partial charge in [0.1, 0.15) is 0 Å². The monoisotopic (exact) mass is 401 g/mol. The Morgan fingerprint density at radius 3 is 2.21 bits per heavy atom. The normalized spacial score (nSPS) is 13.7. The van der Waals surface area contributed by atoms with Crippen LogP contribution in [0.1, 0.15) is 43.0 Å². The van der Waals surface area contributed by atoms with Crippen molar-refractivity contribution in [1.29, 1.82) is 0 Å². The summed E-state index contributed by atoms with van der Waals surface area (Å²) in [4.78, 5) is 0. The molecule has 1 unspecified atom stereocenters. The highest BCUT2D eigenvalue weighted by Gasteiger charge is 2.35. The molecule has 0 N–H and O–H groups in total. The number of rotatable bonds is 5. The maximum atomic E-state index is 6.08. The van der Waals surface area contributed by atoms with Crippen molar-refractivity contribution in [1.82, 2.24) is 4.57 Å². The van der Waals surface area contributed by atoms with E-state index in [1.165, 1.54) is 33.2 Å². The molecule has 0 bridgehead atoms. The minimum Gasteiger partial charge on any atom is -0.343 e. The zero-order valence-corrected chi connectivity index (χ0v) is 18.4. The molecule has 0 aliphatic heterocycles. The number of nitrogens with zero attached hydrogens (tertiary/aromatic N) is 1. The van der Waals surface area contributed by atoms with Crippen LogP contribution in [0.2, 0.25) is 5.02 Å². The lowest BCUT2D eigenvalue weighted by molar-refractivity contribution is 0.407. The SMILES string of the molecule is Cc1ccc(C(C)(c2cn(Cc3ccc(Cl)cc3)c3ccccc23)C(C)C)cc1. The van der Waals surface area contributed by atoms with Crippen LogP contribution in [0.3, 0.4) is 0 Å². The Labute approximate surface area is 179 Å². The molecule has 1 heterocycles.